The van der Waals surface area contributed by atoms with Crippen molar-refractivity contribution in [3.63, 3.8) is 0 Å². The van der Waals surface area contributed by atoms with E-state index in [0.29, 0.717) is 11.5 Å². The zero-order valence-electron chi connectivity index (χ0n) is 25.3. The molecule has 1 amide bonds. The van der Waals surface area contributed by atoms with Crippen LogP contribution in [0.15, 0.2) is 126 Å². The van der Waals surface area contributed by atoms with Gasteiger partial charge >= 0.3 is 0 Å². The fraction of sp³-hybridized carbons (Fsp3) is 0.211. The Morgan fingerprint density at radius 3 is 1.84 bits per heavy atom. The number of rotatable bonds is 8. The van der Waals surface area contributed by atoms with Gasteiger partial charge < -0.3 is 20.5 Å². The van der Waals surface area contributed by atoms with Crippen molar-refractivity contribution < 1.29 is 4.79 Å². The van der Waals surface area contributed by atoms with E-state index in [-0.39, 0.29) is 5.91 Å². The second kappa shape index (κ2) is 12.4. The highest BCUT2D eigenvalue weighted by atomic mass is 16.2. The topological polar surface area (TPSA) is 89.8 Å². The number of aromatic nitrogens is 1. The summed E-state index contributed by atoms with van der Waals surface area (Å²) in [6.07, 6.45) is 4.15. The molecule has 2 aliphatic heterocycles. The van der Waals surface area contributed by atoms with Crippen LogP contribution in [0.4, 0.5) is 11.5 Å². The number of benzene rings is 4. The van der Waals surface area contributed by atoms with Crippen LogP contribution in [0.25, 0.3) is 0 Å². The number of fused-ring (bicyclic) bond motifs is 1. The first-order chi connectivity index (χ1) is 22.1. The van der Waals surface area contributed by atoms with Gasteiger partial charge in [-0.25, -0.2) is 0 Å². The van der Waals surface area contributed by atoms with Gasteiger partial charge in [-0.05, 0) is 78.3 Å². The maximum atomic E-state index is 13.1. The number of hydrogen-bond donors (Lipinski definition) is 3. The highest BCUT2D eigenvalue weighted by molar-refractivity contribution is 5.98. The van der Waals surface area contributed by atoms with Crippen LogP contribution in [0.5, 0.6) is 0 Å². The highest BCUT2D eigenvalue weighted by Crippen LogP contribution is 2.37. The number of nitrogens with two attached hydrogens (primary N) is 1. The number of nitrogens with one attached hydrogen (secondary N) is 2. The maximum Gasteiger partial charge on any atom is 0.270 e. The van der Waals surface area contributed by atoms with Crippen molar-refractivity contribution in [3.8, 4) is 0 Å². The SMILES string of the molecule is N/C(=N\NC(c1ccccc1)(c1ccccc1)c1ccccc1)c1ccc(N2CCCc3cc(C(=O)N4CCCC4)[nH]c32)cc1. The summed E-state index contributed by atoms with van der Waals surface area (Å²) in [7, 11) is 0. The first-order valence-electron chi connectivity index (χ1n) is 15.8. The molecular weight excluding hydrogens is 556 g/mol. The molecule has 1 fully saturated rings. The first-order valence-corrected chi connectivity index (χ1v) is 15.8. The van der Waals surface area contributed by atoms with E-state index in [2.05, 4.69) is 63.8 Å². The van der Waals surface area contributed by atoms with Gasteiger partial charge in [0, 0.05) is 30.9 Å². The third-order valence-electron chi connectivity index (χ3n) is 9.04. The number of carbonyl (C=O) groups excluding carboxylic acids is 1. The van der Waals surface area contributed by atoms with Crippen LogP contribution in [0.3, 0.4) is 0 Å². The first kappa shape index (κ1) is 28.5. The predicted molar refractivity (Wildman–Crippen MR) is 181 cm³/mol. The average Bonchev–Trinajstić information content (AvgIpc) is 3.81. The zero-order chi connectivity index (χ0) is 30.6. The summed E-state index contributed by atoms with van der Waals surface area (Å²) in [6.45, 7) is 2.56. The average molecular weight is 595 g/mol. The van der Waals surface area contributed by atoms with Gasteiger partial charge in [-0.3, -0.25) is 10.2 Å². The summed E-state index contributed by atoms with van der Waals surface area (Å²) < 4.78 is 0. The van der Waals surface area contributed by atoms with Gasteiger partial charge in [0.2, 0.25) is 0 Å². The Labute approximate surface area is 264 Å². The number of aromatic amines is 1. The lowest BCUT2D eigenvalue weighted by atomic mass is 9.77. The number of hydrogen-bond acceptors (Lipinski definition) is 4. The zero-order valence-corrected chi connectivity index (χ0v) is 25.3. The summed E-state index contributed by atoms with van der Waals surface area (Å²) in [6, 6.07) is 41.3. The molecule has 0 saturated carbocycles. The van der Waals surface area contributed by atoms with E-state index in [0.717, 1.165) is 79.1 Å². The number of anilines is 2. The molecule has 1 aromatic heterocycles. The Balaban J connectivity index is 1.18. The number of likely N-dealkylation sites (tertiary alicyclic amines) is 1. The normalized spacial score (nSPS) is 15.2. The Hall–Kier alpha value is -5.30. The minimum Gasteiger partial charge on any atom is -0.382 e. The largest absolute Gasteiger partial charge is 0.382 e. The third kappa shape index (κ3) is 5.46. The number of nitrogens with zero attached hydrogens (tertiary/aromatic N) is 3. The second-order valence-corrected chi connectivity index (χ2v) is 11.8. The molecule has 7 nitrogen and oxygen atoms in total. The lowest BCUT2D eigenvalue weighted by molar-refractivity contribution is 0.0787. The summed E-state index contributed by atoms with van der Waals surface area (Å²) in [5.41, 5.74) is 16.4. The fourth-order valence-corrected chi connectivity index (χ4v) is 6.70. The van der Waals surface area contributed by atoms with Gasteiger partial charge in [-0.1, -0.05) is 91.0 Å². The molecule has 2 aliphatic rings. The van der Waals surface area contributed by atoms with Gasteiger partial charge in [0.15, 0.2) is 5.84 Å². The molecule has 7 heteroatoms. The van der Waals surface area contributed by atoms with Crippen LogP contribution in [0, 0.1) is 0 Å². The smallest absolute Gasteiger partial charge is 0.270 e. The molecule has 0 atom stereocenters. The van der Waals surface area contributed by atoms with Gasteiger partial charge in [-0.2, -0.15) is 5.10 Å². The van der Waals surface area contributed by atoms with E-state index in [1.54, 1.807) is 0 Å². The van der Waals surface area contributed by atoms with E-state index in [9.17, 15) is 4.79 Å². The lowest BCUT2D eigenvalue weighted by Gasteiger charge is -2.35. The minimum absolute atomic E-state index is 0.103. The lowest BCUT2D eigenvalue weighted by Crippen LogP contribution is -2.43. The molecule has 7 rings (SSSR count). The molecule has 4 aromatic carbocycles. The molecular formula is C38H38N6O. The molecule has 0 aliphatic carbocycles. The van der Waals surface area contributed by atoms with E-state index < -0.39 is 5.54 Å². The molecule has 226 valence electrons. The Morgan fingerprint density at radius 2 is 1.29 bits per heavy atom. The van der Waals surface area contributed by atoms with Crippen molar-refractivity contribution in [2.45, 2.75) is 31.2 Å². The van der Waals surface area contributed by atoms with Crippen molar-refractivity contribution in [1.82, 2.24) is 15.3 Å². The Kier molecular flexibility index (Phi) is 7.82. The van der Waals surface area contributed by atoms with E-state index >= 15 is 0 Å². The number of aryl methyl sites for hydroxylation is 1. The summed E-state index contributed by atoms with van der Waals surface area (Å²) in [5.74, 6) is 1.51. The second-order valence-electron chi connectivity index (χ2n) is 11.8. The molecule has 4 N–H and O–H groups in total. The predicted octanol–water partition coefficient (Wildman–Crippen LogP) is 6.54. The van der Waals surface area contributed by atoms with Crippen molar-refractivity contribution in [1.29, 1.82) is 0 Å². The van der Waals surface area contributed by atoms with E-state index in [1.807, 2.05) is 77.7 Å². The molecule has 0 bridgehead atoms. The maximum absolute atomic E-state index is 13.1. The van der Waals surface area contributed by atoms with E-state index in [1.165, 1.54) is 5.56 Å². The van der Waals surface area contributed by atoms with Crippen LogP contribution in [0.1, 0.15) is 57.6 Å². The minimum atomic E-state index is -0.754. The number of amidine groups is 1. The molecule has 0 radical (unpaired) electrons. The summed E-state index contributed by atoms with van der Waals surface area (Å²) in [4.78, 5) is 20.7. The molecule has 5 aromatic rings. The van der Waals surface area contributed by atoms with Crippen LogP contribution >= 0.6 is 0 Å². The van der Waals surface area contributed by atoms with Crippen LogP contribution in [-0.2, 0) is 12.0 Å². The van der Waals surface area contributed by atoms with Crippen LogP contribution < -0.4 is 16.1 Å². The number of H-pyrrole nitrogens is 1. The van der Waals surface area contributed by atoms with Crippen molar-refractivity contribution in [2.24, 2.45) is 10.8 Å². The summed E-state index contributed by atoms with van der Waals surface area (Å²) >= 11 is 0. The van der Waals surface area contributed by atoms with Gasteiger partial charge in [0.1, 0.15) is 17.1 Å². The molecule has 1 saturated heterocycles. The number of amides is 1. The van der Waals surface area contributed by atoms with Crippen molar-refractivity contribution >= 4 is 23.2 Å². The highest BCUT2D eigenvalue weighted by Gasteiger charge is 2.36. The van der Waals surface area contributed by atoms with Crippen molar-refractivity contribution in [2.75, 3.05) is 24.5 Å². The van der Waals surface area contributed by atoms with E-state index in [4.69, 9.17) is 10.8 Å². The van der Waals surface area contributed by atoms with Crippen molar-refractivity contribution in [3.05, 3.63) is 155 Å². The molecule has 45 heavy (non-hydrogen) atoms. The summed E-state index contributed by atoms with van der Waals surface area (Å²) in [5, 5.41) is 4.82. The standard InChI is InChI=1S/C38H38N6O/c39-35(41-42-38(30-14-4-1-5-15-30,31-16-6-2-7-17-31)32-18-8-3-9-19-32)28-20-22-33(23-21-28)44-26-12-13-29-27-34(40-36(29)44)37(45)43-24-10-11-25-43/h1-9,14-23,27,40,42H,10-13,24-26H2,(H2,39,41). The Bertz CT molecular complexity index is 1680. The van der Waals surface area contributed by atoms with Crippen LogP contribution in [-0.4, -0.2) is 41.3 Å². The third-order valence-corrected chi connectivity index (χ3v) is 9.04. The fourth-order valence-electron chi connectivity index (χ4n) is 6.70. The molecule has 0 unspecified atom stereocenters. The number of carbonyl (C=O) groups is 1. The van der Waals surface area contributed by atoms with Crippen LogP contribution in [0.2, 0.25) is 0 Å². The Morgan fingerprint density at radius 1 is 0.733 bits per heavy atom. The monoisotopic (exact) mass is 594 g/mol. The molecule has 0 spiro atoms. The van der Waals surface area contributed by atoms with Gasteiger partial charge in [0.05, 0.1) is 0 Å². The number of hydrazone groups is 1. The van der Waals surface area contributed by atoms with Gasteiger partial charge in [-0.15, -0.1) is 0 Å². The molecule has 3 heterocycles. The van der Waals surface area contributed by atoms with Gasteiger partial charge in [0.25, 0.3) is 5.91 Å². The quantitative estimate of drug-likeness (QED) is 0.0824.